The van der Waals surface area contributed by atoms with E-state index in [1.165, 1.54) is 11.1 Å². The van der Waals surface area contributed by atoms with Gasteiger partial charge in [0.15, 0.2) is 5.96 Å². The molecule has 0 fully saturated rings. The molecular weight excluding hydrogens is 375 g/mol. The number of guanidine groups is 1. The molecular formula is C16H27IN4. The SMILES string of the molecule is C=CCNC(=NCc1ccc(CN(C)C)cc1)NCC.I. The van der Waals surface area contributed by atoms with E-state index in [-0.39, 0.29) is 24.0 Å². The van der Waals surface area contributed by atoms with Crippen molar-refractivity contribution in [1.29, 1.82) is 0 Å². The largest absolute Gasteiger partial charge is 0.357 e. The van der Waals surface area contributed by atoms with Crippen molar-refractivity contribution in [1.82, 2.24) is 15.5 Å². The third-order valence-corrected chi connectivity index (χ3v) is 2.70. The summed E-state index contributed by atoms with van der Waals surface area (Å²) >= 11 is 0. The zero-order valence-corrected chi connectivity index (χ0v) is 15.6. The minimum absolute atomic E-state index is 0. The maximum atomic E-state index is 4.55. The van der Waals surface area contributed by atoms with Crippen LogP contribution in [0.3, 0.4) is 0 Å². The third-order valence-electron chi connectivity index (χ3n) is 2.70. The van der Waals surface area contributed by atoms with Gasteiger partial charge in [0.25, 0.3) is 0 Å². The predicted octanol–water partition coefficient (Wildman–Crippen LogP) is 2.61. The van der Waals surface area contributed by atoms with Crippen LogP contribution in [0.1, 0.15) is 18.1 Å². The van der Waals surface area contributed by atoms with Gasteiger partial charge in [-0.25, -0.2) is 4.99 Å². The maximum absolute atomic E-state index is 4.55. The van der Waals surface area contributed by atoms with Crippen molar-refractivity contribution in [2.45, 2.75) is 20.0 Å². The number of hydrogen-bond acceptors (Lipinski definition) is 2. The quantitative estimate of drug-likeness (QED) is 0.319. The molecule has 0 aromatic heterocycles. The average molecular weight is 402 g/mol. The van der Waals surface area contributed by atoms with E-state index in [0.717, 1.165) is 19.0 Å². The second-order valence-electron chi connectivity index (χ2n) is 4.92. The van der Waals surface area contributed by atoms with Crippen LogP contribution in [0.15, 0.2) is 41.9 Å². The summed E-state index contributed by atoms with van der Waals surface area (Å²) in [5.41, 5.74) is 2.53. The van der Waals surface area contributed by atoms with Crippen LogP contribution < -0.4 is 10.6 Å². The molecule has 0 bridgehead atoms. The molecule has 4 nitrogen and oxygen atoms in total. The molecule has 2 N–H and O–H groups in total. The summed E-state index contributed by atoms with van der Waals surface area (Å²) < 4.78 is 0. The number of halogens is 1. The fourth-order valence-corrected chi connectivity index (χ4v) is 1.80. The van der Waals surface area contributed by atoms with E-state index in [9.17, 15) is 0 Å². The van der Waals surface area contributed by atoms with Crippen LogP contribution in [0, 0.1) is 0 Å². The van der Waals surface area contributed by atoms with Crippen LogP contribution in [-0.4, -0.2) is 38.0 Å². The van der Waals surface area contributed by atoms with Crippen molar-refractivity contribution in [2.75, 3.05) is 27.2 Å². The van der Waals surface area contributed by atoms with Gasteiger partial charge in [0.05, 0.1) is 6.54 Å². The van der Waals surface area contributed by atoms with Crippen LogP contribution in [-0.2, 0) is 13.1 Å². The van der Waals surface area contributed by atoms with E-state index < -0.39 is 0 Å². The number of nitrogens with one attached hydrogen (secondary N) is 2. The van der Waals surface area contributed by atoms with Crippen molar-refractivity contribution in [3.63, 3.8) is 0 Å². The molecule has 1 rings (SSSR count). The first-order valence-electron chi connectivity index (χ1n) is 7.01. The Balaban J connectivity index is 0.00000400. The maximum Gasteiger partial charge on any atom is 0.191 e. The van der Waals surface area contributed by atoms with Crippen LogP contribution >= 0.6 is 24.0 Å². The van der Waals surface area contributed by atoms with Gasteiger partial charge in [0.1, 0.15) is 0 Å². The molecule has 0 heterocycles. The van der Waals surface area contributed by atoms with Crippen LogP contribution in [0.4, 0.5) is 0 Å². The monoisotopic (exact) mass is 402 g/mol. The normalized spacial score (nSPS) is 11.0. The standard InChI is InChI=1S/C16H26N4.HI/c1-5-11-18-16(17-6-2)19-12-14-7-9-15(10-8-14)13-20(3)4;/h5,7-10H,1,6,11-13H2,2-4H3,(H2,17,18,19);1H. The first-order valence-corrected chi connectivity index (χ1v) is 7.01. The van der Waals surface area contributed by atoms with E-state index >= 15 is 0 Å². The Morgan fingerprint density at radius 3 is 2.33 bits per heavy atom. The van der Waals surface area contributed by atoms with E-state index in [1.54, 1.807) is 0 Å². The van der Waals surface area contributed by atoms with Crippen LogP contribution in [0.2, 0.25) is 0 Å². The molecule has 0 saturated carbocycles. The highest BCUT2D eigenvalue weighted by molar-refractivity contribution is 14.0. The van der Waals surface area contributed by atoms with Crippen LogP contribution in [0.5, 0.6) is 0 Å². The summed E-state index contributed by atoms with van der Waals surface area (Å²) in [5, 5.41) is 6.40. The molecule has 1 aromatic rings. The van der Waals surface area contributed by atoms with Gasteiger partial charge < -0.3 is 15.5 Å². The summed E-state index contributed by atoms with van der Waals surface area (Å²) in [4.78, 5) is 6.71. The zero-order chi connectivity index (χ0) is 14.8. The van der Waals surface area contributed by atoms with Gasteiger partial charge in [-0.05, 0) is 32.1 Å². The molecule has 0 amide bonds. The Morgan fingerprint density at radius 2 is 1.81 bits per heavy atom. The van der Waals surface area contributed by atoms with E-state index in [1.807, 2.05) is 6.08 Å². The molecule has 0 spiro atoms. The lowest BCUT2D eigenvalue weighted by Gasteiger charge is -2.11. The summed E-state index contributed by atoms with van der Waals surface area (Å²) in [6, 6.07) is 8.60. The first kappa shape index (κ1) is 19.9. The number of rotatable bonds is 7. The van der Waals surface area contributed by atoms with Crippen LogP contribution in [0.25, 0.3) is 0 Å². The Morgan fingerprint density at radius 1 is 1.19 bits per heavy atom. The first-order chi connectivity index (χ1) is 9.65. The van der Waals surface area contributed by atoms with Crippen molar-refractivity contribution >= 4 is 29.9 Å². The second-order valence-corrected chi connectivity index (χ2v) is 4.92. The van der Waals surface area contributed by atoms with Crippen molar-refractivity contribution < 1.29 is 0 Å². The van der Waals surface area contributed by atoms with Gasteiger partial charge >= 0.3 is 0 Å². The lowest BCUT2D eigenvalue weighted by atomic mass is 10.1. The van der Waals surface area contributed by atoms with Gasteiger partial charge in [0, 0.05) is 19.6 Å². The Kier molecular flexibility index (Phi) is 11.0. The third kappa shape index (κ3) is 8.72. The molecule has 5 heteroatoms. The predicted molar refractivity (Wildman–Crippen MR) is 102 cm³/mol. The fourth-order valence-electron chi connectivity index (χ4n) is 1.80. The molecule has 0 radical (unpaired) electrons. The summed E-state index contributed by atoms with van der Waals surface area (Å²) in [7, 11) is 4.15. The number of aliphatic imine (C=N–C) groups is 1. The molecule has 0 aliphatic rings. The zero-order valence-electron chi connectivity index (χ0n) is 13.2. The summed E-state index contributed by atoms with van der Waals surface area (Å²) in [6.45, 7) is 8.96. The minimum Gasteiger partial charge on any atom is -0.357 e. The molecule has 21 heavy (non-hydrogen) atoms. The van der Waals surface area contributed by atoms with Gasteiger partial charge in [-0.3, -0.25) is 0 Å². The number of hydrogen-bond donors (Lipinski definition) is 2. The van der Waals surface area contributed by atoms with Gasteiger partial charge in [-0.2, -0.15) is 0 Å². The second kappa shape index (κ2) is 11.6. The highest BCUT2D eigenvalue weighted by Gasteiger charge is 1.98. The van der Waals surface area contributed by atoms with E-state index in [2.05, 4.69) is 72.4 Å². The van der Waals surface area contributed by atoms with E-state index in [0.29, 0.717) is 13.1 Å². The Bertz CT molecular complexity index is 426. The van der Waals surface area contributed by atoms with E-state index in [4.69, 9.17) is 0 Å². The minimum atomic E-state index is 0. The molecule has 0 unspecified atom stereocenters. The highest BCUT2D eigenvalue weighted by atomic mass is 127. The molecule has 1 aromatic carbocycles. The summed E-state index contributed by atoms with van der Waals surface area (Å²) in [6.07, 6.45) is 1.82. The molecule has 0 atom stereocenters. The van der Waals surface area contributed by atoms with Crippen molar-refractivity contribution in [3.05, 3.63) is 48.0 Å². The average Bonchev–Trinajstić information content (AvgIpc) is 2.43. The molecule has 0 saturated heterocycles. The lowest BCUT2D eigenvalue weighted by molar-refractivity contribution is 0.402. The van der Waals surface area contributed by atoms with Crippen molar-refractivity contribution in [2.24, 2.45) is 4.99 Å². The Hall–Kier alpha value is -1.08. The van der Waals surface area contributed by atoms with Gasteiger partial charge in [-0.1, -0.05) is 30.3 Å². The molecule has 0 aliphatic carbocycles. The topological polar surface area (TPSA) is 39.7 Å². The molecule has 0 aliphatic heterocycles. The Labute approximate surface area is 145 Å². The summed E-state index contributed by atoms with van der Waals surface area (Å²) in [5.74, 6) is 0.824. The molecule has 118 valence electrons. The highest BCUT2D eigenvalue weighted by Crippen LogP contribution is 2.07. The van der Waals surface area contributed by atoms with Gasteiger partial charge in [-0.15, -0.1) is 30.6 Å². The number of nitrogens with zero attached hydrogens (tertiary/aromatic N) is 2. The number of benzene rings is 1. The fraction of sp³-hybridized carbons (Fsp3) is 0.438. The van der Waals surface area contributed by atoms with Crippen molar-refractivity contribution in [3.8, 4) is 0 Å². The smallest absolute Gasteiger partial charge is 0.191 e. The van der Waals surface area contributed by atoms with Gasteiger partial charge in [0.2, 0.25) is 0 Å². The lowest BCUT2D eigenvalue weighted by Crippen LogP contribution is -2.37.